The van der Waals surface area contributed by atoms with Crippen LogP contribution in [0, 0.1) is 0 Å². The molecular formula is C17H25NO5. The molecule has 1 saturated heterocycles. The number of benzene rings is 1. The maximum atomic E-state index is 9.10. The van der Waals surface area contributed by atoms with Crippen LogP contribution in [-0.4, -0.2) is 40.8 Å². The molecule has 0 amide bonds. The number of carboxylic acid groups (broad SMARTS) is 2. The zero-order valence-corrected chi connectivity index (χ0v) is 13.8. The Morgan fingerprint density at radius 3 is 2.09 bits per heavy atom. The Hall–Kier alpha value is -2.08. The van der Waals surface area contributed by atoms with Gasteiger partial charge in [0.05, 0.1) is 0 Å². The quantitative estimate of drug-likeness (QED) is 0.724. The van der Waals surface area contributed by atoms with Crippen LogP contribution in [0.2, 0.25) is 0 Å². The molecule has 0 saturated carbocycles. The molecule has 1 aliphatic rings. The van der Waals surface area contributed by atoms with Crippen molar-refractivity contribution in [2.45, 2.75) is 45.1 Å². The van der Waals surface area contributed by atoms with Gasteiger partial charge in [-0.15, -0.1) is 0 Å². The number of carboxylic acids is 2. The van der Waals surface area contributed by atoms with Crippen LogP contribution < -0.4 is 10.1 Å². The predicted molar refractivity (Wildman–Crippen MR) is 86.9 cm³/mol. The van der Waals surface area contributed by atoms with Gasteiger partial charge in [-0.1, -0.05) is 18.2 Å². The van der Waals surface area contributed by atoms with E-state index in [1.165, 1.54) is 18.4 Å². The lowest BCUT2D eigenvalue weighted by Gasteiger charge is -2.28. The molecule has 1 fully saturated rings. The summed E-state index contributed by atoms with van der Waals surface area (Å²) in [6.07, 6.45) is 2.43. The maximum absolute atomic E-state index is 9.10. The SMILES string of the molecule is CC(C)(C)Oc1ccccc1C1CCNCC1.O=C(O)C(=O)O. The van der Waals surface area contributed by atoms with Gasteiger partial charge in [0.15, 0.2) is 0 Å². The normalized spacial score (nSPS) is 15.3. The van der Waals surface area contributed by atoms with E-state index in [1.807, 2.05) is 0 Å². The van der Waals surface area contributed by atoms with Crippen LogP contribution in [0.15, 0.2) is 24.3 Å². The van der Waals surface area contributed by atoms with E-state index < -0.39 is 11.9 Å². The summed E-state index contributed by atoms with van der Waals surface area (Å²) in [4.78, 5) is 18.2. The first-order valence-electron chi connectivity index (χ1n) is 7.65. The Morgan fingerprint density at radius 1 is 1.09 bits per heavy atom. The summed E-state index contributed by atoms with van der Waals surface area (Å²) in [5.41, 5.74) is 1.26. The fraction of sp³-hybridized carbons (Fsp3) is 0.529. The summed E-state index contributed by atoms with van der Waals surface area (Å²) in [6, 6.07) is 8.50. The zero-order chi connectivity index (χ0) is 17.5. The molecule has 1 aromatic rings. The third-order valence-electron chi connectivity index (χ3n) is 3.30. The average Bonchev–Trinajstić information content (AvgIpc) is 2.47. The van der Waals surface area contributed by atoms with Gasteiger partial charge in [-0.2, -0.15) is 0 Å². The lowest BCUT2D eigenvalue weighted by atomic mass is 9.89. The highest BCUT2D eigenvalue weighted by Gasteiger charge is 2.21. The Bertz CT molecular complexity index is 518. The molecule has 128 valence electrons. The molecule has 0 unspecified atom stereocenters. The molecule has 0 radical (unpaired) electrons. The second-order valence-corrected chi connectivity index (χ2v) is 6.39. The van der Waals surface area contributed by atoms with Crippen molar-refractivity contribution in [1.82, 2.24) is 5.32 Å². The molecular weight excluding hydrogens is 298 g/mol. The second-order valence-electron chi connectivity index (χ2n) is 6.39. The van der Waals surface area contributed by atoms with Gasteiger partial charge in [-0.25, -0.2) is 9.59 Å². The fourth-order valence-corrected chi connectivity index (χ4v) is 2.37. The number of carbonyl (C=O) groups is 2. The van der Waals surface area contributed by atoms with Gasteiger partial charge in [-0.3, -0.25) is 0 Å². The van der Waals surface area contributed by atoms with Crippen LogP contribution in [0.4, 0.5) is 0 Å². The topological polar surface area (TPSA) is 95.9 Å². The molecule has 0 aromatic heterocycles. The molecule has 0 aliphatic carbocycles. The van der Waals surface area contributed by atoms with E-state index in [4.69, 9.17) is 24.5 Å². The molecule has 3 N–H and O–H groups in total. The summed E-state index contributed by atoms with van der Waals surface area (Å²) in [7, 11) is 0. The minimum atomic E-state index is -1.82. The summed E-state index contributed by atoms with van der Waals surface area (Å²) in [5.74, 6) is -1.94. The largest absolute Gasteiger partial charge is 0.488 e. The Morgan fingerprint density at radius 2 is 1.61 bits per heavy atom. The van der Waals surface area contributed by atoms with Crippen LogP contribution in [-0.2, 0) is 9.59 Å². The van der Waals surface area contributed by atoms with E-state index in [-0.39, 0.29) is 5.60 Å². The summed E-state index contributed by atoms with van der Waals surface area (Å²) >= 11 is 0. The Labute approximate surface area is 136 Å². The standard InChI is InChI=1S/C15H23NO.C2H2O4/c1-15(2,3)17-14-7-5-4-6-13(14)12-8-10-16-11-9-12;3-1(4)2(5)6/h4-7,12,16H,8-11H2,1-3H3;(H,3,4)(H,5,6). The van der Waals surface area contributed by atoms with Crippen molar-refractivity contribution in [3.63, 3.8) is 0 Å². The van der Waals surface area contributed by atoms with E-state index in [9.17, 15) is 0 Å². The molecule has 0 bridgehead atoms. The minimum absolute atomic E-state index is 0.122. The first-order chi connectivity index (χ1) is 10.7. The first kappa shape index (κ1) is 19.0. The molecule has 1 aliphatic heterocycles. The number of piperidine rings is 1. The highest BCUT2D eigenvalue weighted by atomic mass is 16.5. The number of hydrogen-bond acceptors (Lipinski definition) is 4. The maximum Gasteiger partial charge on any atom is 0.414 e. The molecule has 6 nitrogen and oxygen atoms in total. The average molecular weight is 323 g/mol. The lowest BCUT2D eigenvalue weighted by Crippen LogP contribution is -2.28. The van der Waals surface area contributed by atoms with Gasteiger partial charge in [0.2, 0.25) is 0 Å². The molecule has 6 heteroatoms. The lowest BCUT2D eigenvalue weighted by molar-refractivity contribution is -0.159. The third kappa shape index (κ3) is 7.15. The molecule has 1 aromatic carbocycles. The summed E-state index contributed by atoms with van der Waals surface area (Å²) < 4.78 is 6.07. The minimum Gasteiger partial charge on any atom is -0.488 e. The third-order valence-corrected chi connectivity index (χ3v) is 3.30. The number of hydrogen-bond donors (Lipinski definition) is 3. The summed E-state index contributed by atoms with van der Waals surface area (Å²) in [6.45, 7) is 8.55. The van der Waals surface area contributed by atoms with Crippen LogP contribution in [0.25, 0.3) is 0 Å². The number of ether oxygens (including phenoxy) is 1. The second kappa shape index (κ2) is 8.53. The van der Waals surface area contributed by atoms with Crippen LogP contribution in [0.3, 0.4) is 0 Å². The van der Waals surface area contributed by atoms with E-state index in [0.29, 0.717) is 5.92 Å². The van der Waals surface area contributed by atoms with Crippen molar-refractivity contribution < 1.29 is 24.5 Å². The van der Waals surface area contributed by atoms with Gasteiger partial charge < -0.3 is 20.3 Å². The predicted octanol–water partition coefficient (Wildman–Crippen LogP) is 2.49. The number of nitrogens with one attached hydrogen (secondary N) is 1. The highest BCUT2D eigenvalue weighted by molar-refractivity contribution is 6.27. The van der Waals surface area contributed by atoms with E-state index >= 15 is 0 Å². The van der Waals surface area contributed by atoms with Gasteiger partial charge in [-0.05, 0) is 64.3 Å². The number of aliphatic carboxylic acids is 2. The van der Waals surface area contributed by atoms with Crippen LogP contribution in [0.5, 0.6) is 5.75 Å². The highest BCUT2D eigenvalue weighted by Crippen LogP contribution is 2.34. The van der Waals surface area contributed by atoms with Crippen molar-refractivity contribution in [2.75, 3.05) is 13.1 Å². The van der Waals surface area contributed by atoms with Crippen molar-refractivity contribution >= 4 is 11.9 Å². The van der Waals surface area contributed by atoms with Crippen molar-refractivity contribution in [2.24, 2.45) is 0 Å². The smallest absolute Gasteiger partial charge is 0.414 e. The molecule has 1 heterocycles. The van der Waals surface area contributed by atoms with Gasteiger partial charge in [0.25, 0.3) is 0 Å². The Balaban J connectivity index is 0.000000379. The van der Waals surface area contributed by atoms with Crippen molar-refractivity contribution in [3.8, 4) is 5.75 Å². The van der Waals surface area contributed by atoms with Crippen LogP contribution in [0.1, 0.15) is 45.1 Å². The van der Waals surface area contributed by atoms with Gasteiger partial charge in [0, 0.05) is 0 Å². The molecule has 0 atom stereocenters. The zero-order valence-electron chi connectivity index (χ0n) is 13.8. The van der Waals surface area contributed by atoms with E-state index in [1.54, 1.807) is 0 Å². The van der Waals surface area contributed by atoms with Crippen molar-refractivity contribution in [1.29, 1.82) is 0 Å². The van der Waals surface area contributed by atoms with Crippen LogP contribution >= 0.6 is 0 Å². The van der Waals surface area contributed by atoms with E-state index in [2.05, 4.69) is 50.4 Å². The van der Waals surface area contributed by atoms with Gasteiger partial charge >= 0.3 is 11.9 Å². The number of rotatable bonds is 2. The Kier molecular flexibility index (Phi) is 7.03. The fourth-order valence-electron chi connectivity index (χ4n) is 2.37. The van der Waals surface area contributed by atoms with E-state index in [0.717, 1.165) is 18.8 Å². The van der Waals surface area contributed by atoms with Crippen molar-refractivity contribution in [3.05, 3.63) is 29.8 Å². The number of para-hydroxylation sites is 1. The molecule has 0 spiro atoms. The first-order valence-corrected chi connectivity index (χ1v) is 7.65. The summed E-state index contributed by atoms with van der Waals surface area (Å²) in [5, 5.41) is 18.2. The molecule has 23 heavy (non-hydrogen) atoms. The monoisotopic (exact) mass is 323 g/mol. The van der Waals surface area contributed by atoms with Gasteiger partial charge in [0.1, 0.15) is 11.4 Å². The molecule has 2 rings (SSSR count).